The molecule has 0 bridgehead atoms. The zero-order valence-corrected chi connectivity index (χ0v) is 10.5. The van der Waals surface area contributed by atoms with Crippen molar-refractivity contribution in [2.45, 2.75) is 32.1 Å². The normalized spacial score (nSPS) is 17.2. The molecule has 1 aliphatic heterocycles. The van der Waals surface area contributed by atoms with Crippen LogP contribution in [-0.4, -0.2) is 28.4 Å². The highest BCUT2D eigenvalue weighted by atomic mass is 16.1. The summed E-state index contributed by atoms with van der Waals surface area (Å²) in [5.41, 5.74) is 0. The Balaban J connectivity index is 1.72. The van der Waals surface area contributed by atoms with E-state index in [0.717, 1.165) is 31.3 Å². The van der Waals surface area contributed by atoms with E-state index in [1.54, 1.807) is 6.20 Å². The standard InChI is InChI=1S/C13H21N3O/c1-16-9-8-15-13(16)10-12(17)3-2-11-4-6-14-7-5-11/h8-9,11,14H,2-7,10H2,1H3. The summed E-state index contributed by atoms with van der Waals surface area (Å²) in [5, 5.41) is 3.35. The molecule has 1 N–H and O–H groups in total. The van der Waals surface area contributed by atoms with Crippen molar-refractivity contribution in [3.63, 3.8) is 0 Å². The second-order valence-corrected chi connectivity index (χ2v) is 4.90. The van der Waals surface area contributed by atoms with Crippen molar-refractivity contribution < 1.29 is 4.79 Å². The monoisotopic (exact) mass is 235 g/mol. The average molecular weight is 235 g/mol. The summed E-state index contributed by atoms with van der Waals surface area (Å²) in [5.74, 6) is 1.93. The molecule has 0 aliphatic carbocycles. The van der Waals surface area contributed by atoms with Crippen molar-refractivity contribution in [2.24, 2.45) is 13.0 Å². The van der Waals surface area contributed by atoms with Crippen LogP contribution in [0.25, 0.3) is 0 Å². The van der Waals surface area contributed by atoms with Crippen molar-refractivity contribution in [1.82, 2.24) is 14.9 Å². The van der Waals surface area contributed by atoms with Gasteiger partial charge in [0.05, 0.1) is 6.42 Å². The van der Waals surface area contributed by atoms with Gasteiger partial charge in [-0.2, -0.15) is 0 Å². The Morgan fingerprint density at radius 3 is 2.94 bits per heavy atom. The van der Waals surface area contributed by atoms with Crippen LogP contribution in [0.15, 0.2) is 12.4 Å². The van der Waals surface area contributed by atoms with Crippen LogP contribution >= 0.6 is 0 Å². The fourth-order valence-electron chi connectivity index (χ4n) is 2.37. The summed E-state index contributed by atoms with van der Waals surface area (Å²) in [6.07, 6.45) is 8.30. The fourth-order valence-corrected chi connectivity index (χ4v) is 2.37. The lowest BCUT2D eigenvalue weighted by Gasteiger charge is -2.22. The molecule has 0 saturated carbocycles. The van der Waals surface area contributed by atoms with E-state index in [-0.39, 0.29) is 0 Å². The van der Waals surface area contributed by atoms with Crippen LogP contribution in [0.2, 0.25) is 0 Å². The minimum absolute atomic E-state index is 0.317. The number of rotatable bonds is 5. The van der Waals surface area contributed by atoms with Crippen LogP contribution in [0.3, 0.4) is 0 Å². The number of carbonyl (C=O) groups is 1. The Morgan fingerprint density at radius 2 is 2.29 bits per heavy atom. The van der Waals surface area contributed by atoms with Gasteiger partial charge in [-0.05, 0) is 38.3 Å². The first-order valence-electron chi connectivity index (χ1n) is 6.44. The van der Waals surface area contributed by atoms with Gasteiger partial charge in [-0.1, -0.05) is 0 Å². The Kier molecular flexibility index (Phi) is 4.31. The lowest BCUT2D eigenvalue weighted by Crippen LogP contribution is -2.28. The number of piperidine rings is 1. The smallest absolute Gasteiger partial charge is 0.140 e. The Bertz CT molecular complexity index is 366. The number of Topliss-reactive ketones (excluding diaryl/α,β-unsaturated/α-hetero) is 1. The topological polar surface area (TPSA) is 46.9 Å². The molecule has 0 radical (unpaired) electrons. The number of nitrogens with one attached hydrogen (secondary N) is 1. The molecule has 1 fully saturated rings. The maximum absolute atomic E-state index is 11.8. The summed E-state index contributed by atoms with van der Waals surface area (Å²) in [7, 11) is 1.93. The highest BCUT2D eigenvalue weighted by Gasteiger charge is 2.15. The van der Waals surface area contributed by atoms with Crippen molar-refractivity contribution >= 4 is 5.78 Å². The predicted octanol–water partition coefficient (Wildman–Crippen LogP) is 1.31. The predicted molar refractivity (Wildman–Crippen MR) is 66.7 cm³/mol. The highest BCUT2D eigenvalue weighted by molar-refractivity contribution is 5.80. The van der Waals surface area contributed by atoms with E-state index in [2.05, 4.69) is 10.3 Å². The lowest BCUT2D eigenvalue weighted by molar-refractivity contribution is -0.118. The first-order valence-corrected chi connectivity index (χ1v) is 6.44. The highest BCUT2D eigenvalue weighted by Crippen LogP contribution is 2.18. The van der Waals surface area contributed by atoms with Crippen LogP contribution in [-0.2, 0) is 18.3 Å². The van der Waals surface area contributed by atoms with Gasteiger partial charge in [-0.15, -0.1) is 0 Å². The number of aromatic nitrogens is 2. The van der Waals surface area contributed by atoms with Crippen LogP contribution in [0, 0.1) is 5.92 Å². The molecule has 4 nitrogen and oxygen atoms in total. The molecular formula is C13H21N3O. The molecule has 17 heavy (non-hydrogen) atoms. The molecule has 1 aliphatic rings. The van der Waals surface area contributed by atoms with Crippen LogP contribution in [0.4, 0.5) is 0 Å². The van der Waals surface area contributed by atoms with E-state index < -0.39 is 0 Å². The van der Waals surface area contributed by atoms with Crippen LogP contribution < -0.4 is 5.32 Å². The molecule has 0 unspecified atom stereocenters. The summed E-state index contributed by atoms with van der Waals surface area (Å²) in [4.78, 5) is 16.0. The third-order valence-corrected chi connectivity index (χ3v) is 3.57. The Hall–Kier alpha value is -1.16. The first kappa shape index (κ1) is 12.3. The molecule has 0 aromatic carbocycles. The van der Waals surface area contributed by atoms with Crippen molar-refractivity contribution in [3.8, 4) is 0 Å². The molecule has 2 heterocycles. The zero-order valence-electron chi connectivity index (χ0n) is 10.5. The third kappa shape index (κ3) is 3.66. The number of nitrogens with zero attached hydrogens (tertiary/aromatic N) is 2. The van der Waals surface area contributed by atoms with Gasteiger partial charge in [0.15, 0.2) is 0 Å². The number of ketones is 1. The number of hydrogen-bond donors (Lipinski definition) is 1. The SMILES string of the molecule is Cn1ccnc1CC(=O)CCC1CCNCC1. The van der Waals surface area contributed by atoms with Crippen LogP contribution in [0.5, 0.6) is 0 Å². The molecule has 1 aromatic heterocycles. The molecule has 1 saturated heterocycles. The maximum Gasteiger partial charge on any atom is 0.140 e. The summed E-state index contributed by atoms with van der Waals surface area (Å²) < 4.78 is 1.92. The second-order valence-electron chi connectivity index (χ2n) is 4.90. The number of hydrogen-bond acceptors (Lipinski definition) is 3. The van der Waals surface area contributed by atoms with Crippen molar-refractivity contribution in [2.75, 3.05) is 13.1 Å². The van der Waals surface area contributed by atoms with Crippen LogP contribution in [0.1, 0.15) is 31.5 Å². The molecule has 94 valence electrons. The fraction of sp³-hybridized carbons (Fsp3) is 0.692. The maximum atomic E-state index is 11.8. The number of aryl methyl sites for hydroxylation is 1. The first-order chi connectivity index (χ1) is 8.25. The van der Waals surface area contributed by atoms with E-state index in [0.29, 0.717) is 18.6 Å². The molecule has 2 rings (SSSR count). The van der Waals surface area contributed by atoms with E-state index in [4.69, 9.17) is 0 Å². The molecule has 0 spiro atoms. The lowest BCUT2D eigenvalue weighted by atomic mass is 9.92. The van der Waals surface area contributed by atoms with E-state index in [1.807, 2.05) is 17.8 Å². The van der Waals surface area contributed by atoms with Gasteiger partial charge in [0.25, 0.3) is 0 Å². The van der Waals surface area contributed by atoms with Gasteiger partial charge < -0.3 is 9.88 Å². The van der Waals surface area contributed by atoms with Gasteiger partial charge in [0.1, 0.15) is 11.6 Å². The Labute approximate surface area is 102 Å². The van der Waals surface area contributed by atoms with E-state index in [1.165, 1.54) is 12.8 Å². The molecule has 4 heteroatoms. The summed E-state index contributed by atoms with van der Waals surface area (Å²) >= 11 is 0. The van der Waals surface area contributed by atoms with E-state index in [9.17, 15) is 4.79 Å². The summed E-state index contributed by atoms with van der Waals surface area (Å²) in [6.45, 7) is 2.22. The minimum atomic E-state index is 0.317. The van der Waals surface area contributed by atoms with Gasteiger partial charge in [0.2, 0.25) is 0 Å². The molecule has 0 atom stereocenters. The Morgan fingerprint density at radius 1 is 1.53 bits per heavy atom. The largest absolute Gasteiger partial charge is 0.338 e. The van der Waals surface area contributed by atoms with Gasteiger partial charge in [-0.3, -0.25) is 4.79 Å². The van der Waals surface area contributed by atoms with Crippen molar-refractivity contribution in [3.05, 3.63) is 18.2 Å². The second kappa shape index (κ2) is 5.96. The van der Waals surface area contributed by atoms with Gasteiger partial charge >= 0.3 is 0 Å². The zero-order chi connectivity index (χ0) is 12.1. The van der Waals surface area contributed by atoms with Gasteiger partial charge in [0, 0.05) is 25.9 Å². The number of imidazole rings is 1. The molecular weight excluding hydrogens is 214 g/mol. The third-order valence-electron chi connectivity index (χ3n) is 3.57. The van der Waals surface area contributed by atoms with Gasteiger partial charge in [-0.25, -0.2) is 4.98 Å². The quantitative estimate of drug-likeness (QED) is 0.837. The molecule has 0 amide bonds. The average Bonchev–Trinajstić information content (AvgIpc) is 2.74. The summed E-state index contributed by atoms with van der Waals surface area (Å²) in [6, 6.07) is 0. The minimum Gasteiger partial charge on any atom is -0.338 e. The molecule has 1 aromatic rings. The number of carbonyl (C=O) groups excluding carboxylic acids is 1. The van der Waals surface area contributed by atoms with Crippen molar-refractivity contribution in [1.29, 1.82) is 0 Å². The van der Waals surface area contributed by atoms with E-state index >= 15 is 0 Å².